The lowest BCUT2D eigenvalue weighted by Crippen LogP contribution is -2.41. The highest BCUT2D eigenvalue weighted by Gasteiger charge is 2.13. The van der Waals surface area contributed by atoms with E-state index in [0.29, 0.717) is 0 Å². The van der Waals surface area contributed by atoms with Crippen molar-refractivity contribution in [2.75, 3.05) is 12.3 Å². The average molecular weight is 280 g/mol. The lowest BCUT2D eigenvalue weighted by molar-refractivity contribution is -0.120. The van der Waals surface area contributed by atoms with Crippen molar-refractivity contribution in [2.24, 2.45) is 5.73 Å². The first-order chi connectivity index (χ1) is 9.15. The van der Waals surface area contributed by atoms with Crippen LogP contribution in [0.2, 0.25) is 0 Å². The molecule has 0 bridgehead atoms. The summed E-state index contributed by atoms with van der Waals surface area (Å²) in [6, 6.07) is 8.22. The summed E-state index contributed by atoms with van der Waals surface area (Å²) in [6.07, 6.45) is 1.81. The molecule has 0 saturated carbocycles. The van der Waals surface area contributed by atoms with Gasteiger partial charge in [-0.1, -0.05) is 31.2 Å². The molecular formula is C15H24N2OS. The number of hydrogen-bond donors (Lipinski definition) is 2. The van der Waals surface area contributed by atoms with E-state index >= 15 is 0 Å². The molecule has 0 aliphatic rings. The summed E-state index contributed by atoms with van der Waals surface area (Å²) in [4.78, 5) is 11.3. The summed E-state index contributed by atoms with van der Waals surface area (Å²) in [6.45, 7) is 5.05. The van der Waals surface area contributed by atoms with Crippen LogP contribution in [-0.4, -0.2) is 24.2 Å². The molecule has 1 aromatic carbocycles. The van der Waals surface area contributed by atoms with Crippen molar-refractivity contribution in [3.8, 4) is 0 Å². The van der Waals surface area contributed by atoms with Crippen molar-refractivity contribution in [1.82, 2.24) is 5.32 Å². The van der Waals surface area contributed by atoms with Crippen molar-refractivity contribution >= 4 is 17.7 Å². The number of benzene rings is 1. The second-order valence-corrected chi connectivity index (χ2v) is 5.78. The molecule has 0 saturated heterocycles. The van der Waals surface area contributed by atoms with E-state index in [4.69, 9.17) is 5.73 Å². The molecule has 19 heavy (non-hydrogen) atoms. The van der Waals surface area contributed by atoms with Gasteiger partial charge in [-0.3, -0.25) is 4.79 Å². The van der Waals surface area contributed by atoms with Crippen LogP contribution in [0.15, 0.2) is 24.3 Å². The molecule has 0 aliphatic carbocycles. The first kappa shape index (κ1) is 16.1. The number of rotatable bonds is 9. The van der Waals surface area contributed by atoms with Gasteiger partial charge in [0, 0.05) is 5.75 Å². The van der Waals surface area contributed by atoms with Crippen LogP contribution in [0.1, 0.15) is 30.9 Å². The lowest BCUT2D eigenvalue weighted by atomic mass is 10.1. The molecule has 1 unspecified atom stereocenters. The molecule has 1 amide bonds. The first-order valence-corrected chi connectivity index (χ1v) is 7.95. The average Bonchev–Trinajstić information content (AvgIpc) is 2.39. The fourth-order valence-corrected chi connectivity index (χ4v) is 2.91. The molecule has 0 heterocycles. The number of thioether (sulfide) groups is 1. The summed E-state index contributed by atoms with van der Waals surface area (Å²) < 4.78 is 0. The van der Waals surface area contributed by atoms with Gasteiger partial charge in [-0.05, 0) is 43.2 Å². The molecule has 1 aromatic rings. The Morgan fingerprint density at radius 3 is 2.79 bits per heavy atom. The van der Waals surface area contributed by atoms with Gasteiger partial charge in [0.05, 0.1) is 6.04 Å². The zero-order chi connectivity index (χ0) is 14.1. The highest BCUT2D eigenvalue weighted by atomic mass is 32.2. The third-order valence-corrected chi connectivity index (χ3v) is 4.09. The van der Waals surface area contributed by atoms with Crippen molar-refractivity contribution in [3.63, 3.8) is 0 Å². The minimum atomic E-state index is -0.245. The number of amides is 1. The van der Waals surface area contributed by atoms with Crippen molar-refractivity contribution < 1.29 is 4.79 Å². The monoisotopic (exact) mass is 280 g/mol. The molecule has 3 nitrogen and oxygen atoms in total. The molecule has 0 spiro atoms. The zero-order valence-corrected chi connectivity index (χ0v) is 12.6. The van der Waals surface area contributed by atoms with Gasteiger partial charge in [0.25, 0.3) is 0 Å². The number of carbonyl (C=O) groups is 1. The Bertz CT molecular complexity index is 395. The summed E-state index contributed by atoms with van der Waals surface area (Å²) in [5, 5.41) is 3.19. The third-order valence-electron chi connectivity index (χ3n) is 3.05. The molecule has 106 valence electrons. The zero-order valence-electron chi connectivity index (χ0n) is 11.8. The van der Waals surface area contributed by atoms with Crippen LogP contribution in [0.4, 0.5) is 0 Å². The number of primary amides is 1. The highest BCUT2D eigenvalue weighted by molar-refractivity contribution is 7.98. The fraction of sp³-hybridized carbons (Fsp3) is 0.533. The molecule has 0 aliphatic heterocycles. The predicted molar refractivity (Wildman–Crippen MR) is 83.2 cm³/mol. The Morgan fingerprint density at radius 2 is 2.16 bits per heavy atom. The number of carbonyl (C=O) groups excluding carboxylic acids is 1. The topological polar surface area (TPSA) is 55.1 Å². The van der Waals surface area contributed by atoms with Crippen molar-refractivity contribution in [1.29, 1.82) is 0 Å². The minimum Gasteiger partial charge on any atom is -0.368 e. The van der Waals surface area contributed by atoms with E-state index in [9.17, 15) is 4.79 Å². The van der Waals surface area contributed by atoms with E-state index < -0.39 is 0 Å². The van der Waals surface area contributed by atoms with Gasteiger partial charge in [-0.15, -0.1) is 0 Å². The minimum absolute atomic E-state index is 0.190. The number of aryl methyl sites for hydroxylation is 1. The Balaban J connectivity index is 2.29. The van der Waals surface area contributed by atoms with Gasteiger partial charge in [0.1, 0.15) is 0 Å². The maximum atomic E-state index is 11.3. The normalized spacial score (nSPS) is 12.3. The van der Waals surface area contributed by atoms with Crippen molar-refractivity contribution in [2.45, 2.75) is 38.5 Å². The summed E-state index contributed by atoms with van der Waals surface area (Å²) in [7, 11) is 0. The Labute approximate surface area is 120 Å². The molecule has 1 rings (SSSR count). The molecule has 0 radical (unpaired) electrons. The van der Waals surface area contributed by atoms with E-state index in [1.165, 1.54) is 11.1 Å². The number of hydrogen-bond acceptors (Lipinski definition) is 3. The van der Waals surface area contributed by atoms with E-state index in [2.05, 4.69) is 43.4 Å². The maximum Gasteiger partial charge on any atom is 0.234 e. The highest BCUT2D eigenvalue weighted by Crippen LogP contribution is 2.17. The molecule has 4 heteroatoms. The van der Waals surface area contributed by atoms with E-state index in [1.807, 2.05) is 11.8 Å². The summed E-state index contributed by atoms with van der Waals surface area (Å²) in [5.41, 5.74) is 8.07. The quantitative estimate of drug-likeness (QED) is 0.683. The van der Waals surface area contributed by atoms with Gasteiger partial charge in [-0.2, -0.15) is 11.8 Å². The van der Waals surface area contributed by atoms with E-state index in [1.54, 1.807) is 0 Å². The Kier molecular flexibility index (Phi) is 7.60. The molecule has 0 aromatic heterocycles. The summed E-state index contributed by atoms with van der Waals surface area (Å²) in [5.74, 6) is 1.69. The fourth-order valence-electron chi connectivity index (χ4n) is 1.82. The SMILES string of the molecule is CCCNC(CCSCc1ccccc1C)C(N)=O. The van der Waals surface area contributed by atoms with Crippen LogP contribution in [0.3, 0.4) is 0 Å². The van der Waals surface area contributed by atoms with Gasteiger partial charge in [-0.25, -0.2) is 0 Å². The van der Waals surface area contributed by atoms with Crippen LogP contribution < -0.4 is 11.1 Å². The first-order valence-electron chi connectivity index (χ1n) is 6.80. The van der Waals surface area contributed by atoms with Gasteiger partial charge in [0.15, 0.2) is 0 Å². The molecular weight excluding hydrogens is 256 g/mol. The van der Waals surface area contributed by atoms with E-state index in [0.717, 1.165) is 30.9 Å². The standard InChI is InChI=1S/C15H24N2OS/c1-3-9-17-14(15(16)18)8-10-19-11-13-7-5-4-6-12(13)2/h4-7,14,17H,3,8-11H2,1-2H3,(H2,16,18). The number of nitrogens with two attached hydrogens (primary N) is 1. The van der Waals surface area contributed by atoms with Gasteiger partial charge >= 0.3 is 0 Å². The van der Waals surface area contributed by atoms with Crippen LogP contribution in [0, 0.1) is 6.92 Å². The second kappa shape index (κ2) is 8.99. The second-order valence-electron chi connectivity index (χ2n) is 4.68. The van der Waals surface area contributed by atoms with Crippen LogP contribution in [-0.2, 0) is 10.5 Å². The van der Waals surface area contributed by atoms with Gasteiger partial charge in [0.2, 0.25) is 5.91 Å². The smallest absolute Gasteiger partial charge is 0.234 e. The van der Waals surface area contributed by atoms with Crippen LogP contribution in [0.25, 0.3) is 0 Å². The predicted octanol–water partition coefficient (Wildman–Crippen LogP) is 2.47. The van der Waals surface area contributed by atoms with Crippen LogP contribution in [0.5, 0.6) is 0 Å². The largest absolute Gasteiger partial charge is 0.368 e. The molecule has 3 N–H and O–H groups in total. The summed E-state index contributed by atoms with van der Waals surface area (Å²) >= 11 is 1.85. The van der Waals surface area contributed by atoms with Gasteiger partial charge < -0.3 is 11.1 Å². The lowest BCUT2D eigenvalue weighted by Gasteiger charge is -2.14. The third kappa shape index (κ3) is 6.12. The Hall–Kier alpha value is -1.00. The van der Waals surface area contributed by atoms with Crippen LogP contribution >= 0.6 is 11.8 Å². The molecule has 1 atom stereocenters. The number of nitrogens with one attached hydrogen (secondary N) is 1. The molecule has 0 fully saturated rings. The maximum absolute atomic E-state index is 11.3. The Morgan fingerprint density at radius 1 is 1.42 bits per heavy atom. The van der Waals surface area contributed by atoms with E-state index in [-0.39, 0.29) is 11.9 Å². The van der Waals surface area contributed by atoms with Crippen molar-refractivity contribution in [3.05, 3.63) is 35.4 Å².